The average molecular weight is 926 g/mol. The molecule has 1 aliphatic heterocycles. The molecule has 0 bridgehead atoms. The smallest absolute Gasteiger partial charge is 0.249 e. The maximum Gasteiger partial charge on any atom is 0.249 e. The van der Waals surface area contributed by atoms with Gasteiger partial charge in [-0.15, -0.1) is 0 Å². The van der Waals surface area contributed by atoms with Crippen LogP contribution in [0.3, 0.4) is 0 Å². The Labute approximate surface area is 397 Å². The first-order valence-electron chi connectivity index (χ1n) is 27.2. The summed E-state index contributed by atoms with van der Waals surface area (Å²) in [4.78, 5) is 13.0. The Bertz CT molecular complexity index is 1110. The van der Waals surface area contributed by atoms with Crippen LogP contribution >= 0.6 is 0 Å². The number of hydrogen-bond acceptors (Lipinski definition) is 10. The van der Waals surface area contributed by atoms with Crippen molar-refractivity contribution in [2.75, 3.05) is 13.2 Å². The predicted molar refractivity (Wildman–Crippen MR) is 266 cm³/mol. The molecule has 0 radical (unpaired) electrons. The van der Waals surface area contributed by atoms with Gasteiger partial charge in [-0.3, -0.25) is 4.79 Å². The van der Waals surface area contributed by atoms with Crippen LogP contribution in [0.5, 0.6) is 0 Å². The number of ether oxygens (including phenoxy) is 2. The SMILES string of the molecule is CCCC/C=C\CCCCCC(O)C(=O)NC(COC1OC(CO)C(O)C(O)C1O)C(O)C(O)CCC/C=C/CCCCCCCCCCCCCCCCCCCCCCCCCC. The van der Waals surface area contributed by atoms with E-state index in [4.69, 9.17) is 9.47 Å². The zero-order chi connectivity index (χ0) is 47.6. The van der Waals surface area contributed by atoms with Gasteiger partial charge in [-0.25, -0.2) is 0 Å². The second-order valence-electron chi connectivity index (χ2n) is 19.3. The molecule has 1 amide bonds. The molecule has 0 spiro atoms. The highest BCUT2D eigenvalue weighted by Crippen LogP contribution is 2.23. The van der Waals surface area contributed by atoms with Crippen molar-refractivity contribution in [2.24, 2.45) is 0 Å². The topological polar surface area (TPSA) is 189 Å². The molecule has 0 aromatic heterocycles. The molecule has 11 nitrogen and oxygen atoms in total. The number of rotatable bonds is 46. The van der Waals surface area contributed by atoms with Crippen LogP contribution in [0.2, 0.25) is 0 Å². The highest BCUT2D eigenvalue weighted by molar-refractivity contribution is 5.80. The van der Waals surface area contributed by atoms with E-state index in [-0.39, 0.29) is 12.8 Å². The fourth-order valence-electron chi connectivity index (χ4n) is 8.72. The summed E-state index contributed by atoms with van der Waals surface area (Å²) in [6.45, 7) is 3.37. The van der Waals surface area contributed by atoms with Crippen LogP contribution in [0.15, 0.2) is 24.3 Å². The van der Waals surface area contributed by atoms with Gasteiger partial charge >= 0.3 is 0 Å². The quantitative estimate of drug-likeness (QED) is 0.0216. The summed E-state index contributed by atoms with van der Waals surface area (Å²) < 4.78 is 11.1. The third kappa shape index (κ3) is 32.9. The Morgan fingerprint density at radius 3 is 1.37 bits per heavy atom. The molecule has 65 heavy (non-hydrogen) atoms. The van der Waals surface area contributed by atoms with Crippen LogP contribution in [0.1, 0.15) is 245 Å². The van der Waals surface area contributed by atoms with E-state index in [1.807, 2.05) is 0 Å². The van der Waals surface area contributed by atoms with E-state index in [1.165, 1.54) is 161 Å². The minimum absolute atomic E-state index is 0.232. The predicted octanol–water partition coefficient (Wildman–Crippen LogP) is 10.6. The number of nitrogens with one attached hydrogen (secondary N) is 1. The highest BCUT2D eigenvalue weighted by atomic mass is 16.7. The lowest BCUT2D eigenvalue weighted by molar-refractivity contribution is -0.303. The number of hydrogen-bond donors (Lipinski definition) is 8. The van der Waals surface area contributed by atoms with Crippen molar-refractivity contribution in [2.45, 2.75) is 300 Å². The Balaban J connectivity index is 2.24. The van der Waals surface area contributed by atoms with Gasteiger partial charge in [0.25, 0.3) is 0 Å². The molecule has 1 fully saturated rings. The molecular weight excluding hydrogens is 823 g/mol. The van der Waals surface area contributed by atoms with Gasteiger partial charge in [0.1, 0.15) is 36.6 Å². The molecule has 9 unspecified atom stereocenters. The maximum absolute atomic E-state index is 13.0. The lowest BCUT2D eigenvalue weighted by atomic mass is 9.98. The van der Waals surface area contributed by atoms with E-state index in [0.29, 0.717) is 12.8 Å². The first kappa shape index (κ1) is 61.6. The van der Waals surface area contributed by atoms with Gasteiger partial charge in [0.2, 0.25) is 5.91 Å². The van der Waals surface area contributed by atoms with Crippen LogP contribution < -0.4 is 5.32 Å². The van der Waals surface area contributed by atoms with E-state index in [1.54, 1.807) is 0 Å². The van der Waals surface area contributed by atoms with E-state index in [0.717, 1.165) is 44.9 Å². The first-order chi connectivity index (χ1) is 31.7. The van der Waals surface area contributed by atoms with Crippen molar-refractivity contribution in [3.63, 3.8) is 0 Å². The van der Waals surface area contributed by atoms with Crippen molar-refractivity contribution in [3.05, 3.63) is 24.3 Å². The lowest BCUT2D eigenvalue weighted by Crippen LogP contribution is -2.60. The average Bonchev–Trinajstić information content (AvgIpc) is 3.31. The second kappa shape index (κ2) is 43.8. The van der Waals surface area contributed by atoms with E-state index < -0.39 is 74.2 Å². The Hall–Kier alpha value is -1.41. The molecular formula is C54H103NO10. The number of carbonyl (C=O) groups excluding carboxylic acids is 1. The van der Waals surface area contributed by atoms with Gasteiger partial charge in [-0.05, 0) is 57.8 Å². The van der Waals surface area contributed by atoms with Crippen LogP contribution in [0, 0.1) is 0 Å². The summed E-state index contributed by atoms with van der Waals surface area (Å²) >= 11 is 0. The van der Waals surface area contributed by atoms with Crippen LogP contribution in [-0.2, 0) is 14.3 Å². The van der Waals surface area contributed by atoms with Gasteiger partial charge < -0.3 is 50.5 Å². The number of aliphatic hydroxyl groups is 7. The lowest BCUT2D eigenvalue weighted by Gasteiger charge is -2.40. The molecule has 9 atom stereocenters. The first-order valence-corrected chi connectivity index (χ1v) is 27.2. The Morgan fingerprint density at radius 1 is 0.523 bits per heavy atom. The molecule has 0 aromatic rings. The zero-order valence-corrected chi connectivity index (χ0v) is 41.7. The van der Waals surface area contributed by atoms with Crippen LogP contribution in [0.4, 0.5) is 0 Å². The number of allylic oxidation sites excluding steroid dienone is 4. The number of aliphatic hydroxyl groups excluding tert-OH is 7. The third-order valence-electron chi connectivity index (χ3n) is 13.2. The van der Waals surface area contributed by atoms with Crippen molar-refractivity contribution in [3.8, 4) is 0 Å². The summed E-state index contributed by atoms with van der Waals surface area (Å²) in [6.07, 6.45) is 40.0. The molecule has 1 rings (SSSR count). The monoisotopic (exact) mass is 926 g/mol. The Morgan fingerprint density at radius 2 is 0.923 bits per heavy atom. The van der Waals surface area contributed by atoms with Gasteiger partial charge in [0.05, 0.1) is 25.4 Å². The molecule has 384 valence electrons. The summed E-state index contributed by atoms with van der Waals surface area (Å²) in [5, 5.41) is 75.6. The van der Waals surface area contributed by atoms with Crippen molar-refractivity contribution in [1.29, 1.82) is 0 Å². The van der Waals surface area contributed by atoms with Gasteiger partial charge in [-0.2, -0.15) is 0 Å². The number of amides is 1. The summed E-state index contributed by atoms with van der Waals surface area (Å²) in [5.74, 6) is -0.721. The number of carbonyl (C=O) groups is 1. The molecule has 1 saturated heterocycles. The summed E-state index contributed by atoms with van der Waals surface area (Å²) in [5.41, 5.74) is 0. The van der Waals surface area contributed by atoms with Crippen LogP contribution in [0.25, 0.3) is 0 Å². The molecule has 11 heteroatoms. The fourth-order valence-corrected chi connectivity index (χ4v) is 8.72. The molecule has 1 aliphatic rings. The van der Waals surface area contributed by atoms with Crippen molar-refractivity contribution >= 4 is 5.91 Å². The molecule has 1 heterocycles. The molecule has 0 aromatic carbocycles. The minimum Gasteiger partial charge on any atom is -0.394 e. The molecule has 0 aliphatic carbocycles. The summed E-state index contributed by atoms with van der Waals surface area (Å²) in [7, 11) is 0. The van der Waals surface area contributed by atoms with Gasteiger partial charge in [-0.1, -0.05) is 212 Å². The second-order valence-corrected chi connectivity index (χ2v) is 19.3. The summed E-state index contributed by atoms with van der Waals surface area (Å²) in [6, 6.07) is -1.19. The third-order valence-corrected chi connectivity index (χ3v) is 13.2. The van der Waals surface area contributed by atoms with Crippen LogP contribution in [-0.4, -0.2) is 110 Å². The normalized spacial score (nSPS) is 21.0. The molecule has 8 N–H and O–H groups in total. The van der Waals surface area contributed by atoms with E-state index in [2.05, 4.69) is 43.5 Å². The molecule has 0 saturated carbocycles. The highest BCUT2D eigenvalue weighted by Gasteiger charge is 2.44. The van der Waals surface area contributed by atoms with E-state index in [9.17, 15) is 40.5 Å². The van der Waals surface area contributed by atoms with Crippen molar-refractivity contribution < 1.29 is 50.0 Å². The maximum atomic E-state index is 13.0. The van der Waals surface area contributed by atoms with Crippen molar-refractivity contribution in [1.82, 2.24) is 5.32 Å². The number of unbranched alkanes of at least 4 members (excludes halogenated alkanes) is 30. The fraction of sp³-hybridized carbons (Fsp3) is 0.907. The van der Waals surface area contributed by atoms with Gasteiger partial charge in [0.15, 0.2) is 6.29 Å². The minimum atomic E-state index is -1.67. The zero-order valence-electron chi connectivity index (χ0n) is 41.7. The standard InChI is InChI=1S/C54H103NO10/c1-3-5-7-9-11-13-14-15-16-17-18-19-20-21-22-23-24-25-26-27-28-29-30-31-32-34-35-37-39-41-46(57)49(59)45(44-64-54-52(62)51(61)50(60)48(43-56)65-54)55-53(63)47(58)42-40-38-36-33-12-10-8-6-4-2/h10,12,34-35,45-52,54,56-62H,3-9,11,13-33,36-44H2,1-2H3,(H,55,63)/b12-10-,35-34+. The largest absolute Gasteiger partial charge is 0.394 e. The van der Waals surface area contributed by atoms with E-state index >= 15 is 0 Å². The Kier molecular flexibility index (Phi) is 41.6. The van der Waals surface area contributed by atoms with Gasteiger partial charge in [0, 0.05) is 0 Å².